The molecule has 0 amide bonds. The van der Waals surface area contributed by atoms with E-state index in [0.29, 0.717) is 6.26 Å². The van der Waals surface area contributed by atoms with Gasteiger partial charge < -0.3 is 4.18 Å². The van der Waals surface area contributed by atoms with Crippen LogP contribution in [0.25, 0.3) is 0 Å². The Morgan fingerprint density at radius 1 is 1.36 bits per heavy atom. The highest BCUT2D eigenvalue weighted by Gasteiger charge is 2.47. The maximum atomic E-state index is 11.4. The Morgan fingerprint density at radius 2 is 1.82 bits per heavy atom. The molecule has 0 bridgehead atoms. The van der Waals surface area contributed by atoms with Crippen LogP contribution in [-0.2, 0) is 14.3 Å². The summed E-state index contributed by atoms with van der Waals surface area (Å²) in [7, 11) is -5.45. The maximum absolute atomic E-state index is 11.4. The van der Waals surface area contributed by atoms with Crippen molar-refractivity contribution in [2.45, 2.75) is 5.51 Å². The Balaban J connectivity index is 4.50. The average Bonchev–Trinajstić information content (AvgIpc) is 1.81. The van der Waals surface area contributed by atoms with Crippen molar-refractivity contribution in [1.29, 1.82) is 0 Å². The first-order valence-electron chi connectivity index (χ1n) is 2.06. The van der Waals surface area contributed by atoms with Crippen LogP contribution in [0, 0.1) is 0 Å². The summed E-state index contributed by atoms with van der Waals surface area (Å²) in [5.41, 5.74) is -5.36. The lowest BCUT2D eigenvalue weighted by Crippen LogP contribution is -2.23. The second-order valence-corrected chi connectivity index (χ2v) is 3.54. The van der Waals surface area contributed by atoms with Gasteiger partial charge in [-0.05, 0) is 22.6 Å². The van der Waals surface area contributed by atoms with E-state index in [4.69, 9.17) is 0 Å². The highest BCUT2D eigenvalue weighted by atomic mass is 127. The SMILES string of the molecule is O=S(=O)(OC=CI)C(F)(F)F. The Morgan fingerprint density at radius 3 is 2.09 bits per heavy atom. The molecule has 0 aromatic heterocycles. The molecule has 8 heteroatoms. The molecule has 0 fully saturated rings. The topological polar surface area (TPSA) is 43.4 Å². The number of halogens is 4. The maximum Gasteiger partial charge on any atom is 0.534 e. The normalized spacial score (nSPS) is 13.8. The van der Waals surface area contributed by atoms with Crippen LogP contribution in [0.4, 0.5) is 13.2 Å². The summed E-state index contributed by atoms with van der Waals surface area (Å²) in [6.07, 6.45) is 0.434. The van der Waals surface area contributed by atoms with E-state index in [-0.39, 0.29) is 0 Å². The zero-order chi connectivity index (χ0) is 9.12. The molecule has 0 aliphatic rings. The molecule has 0 saturated carbocycles. The molecule has 0 aliphatic heterocycles. The molecule has 0 N–H and O–H groups in total. The van der Waals surface area contributed by atoms with Gasteiger partial charge in [-0.3, -0.25) is 0 Å². The van der Waals surface area contributed by atoms with E-state index in [0.717, 1.165) is 4.08 Å². The molecule has 0 saturated heterocycles. The standard InChI is InChI=1S/C3H2F3IO3S/c4-3(5,6)11(8,9)10-2-1-7/h1-2H. The molecule has 0 rings (SSSR count). The first kappa shape index (κ1) is 11.0. The molecule has 0 aromatic rings. The second kappa shape index (κ2) is 3.61. The van der Waals surface area contributed by atoms with Gasteiger partial charge in [-0.2, -0.15) is 21.6 Å². The summed E-state index contributed by atoms with van der Waals surface area (Å²) >= 11 is 1.52. The lowest BCUT2D eigenvalue weighted by Gasteiger charge is -2.04. The number of rotatable bonds is 2. The molecule has 0 aromatic carbocycles. The number of hydrogen-bond donors (Lipinski definition) is 0. The highest BCUT2D eigenvalue weighted by Crippen LogP contribution is 2.24. The van der Waals surface area contributed by atoms with Crippen LogP contribution in [0.3, 0.4) is 0 Å². The lowest BCUT2D eigenvalue weighted by atomic mass is 11.2. The summed E-state index contributed by atoms with van der Waals surface area (Å²) in [4.78, 5) is 0. The Kier molecular flexibility index (Phi) is 3.61. The van der Waals surface area contributed by atoms with Crippen molar-refractivity contribution in [3.63, 3.8) is 0 Å². The van der Waals surface area contributed by atoms with E-state index in [1.165, 1.54) is 22.6 Å². The van der Waals surface area contributed by atoms with Crippen LogP contribution >= 0.6 is 22.6 Å². The van der Waals surface area contributed by atoms with Crippen molar-refractivity contribution in [1.82, 2.24) is 0 Å². The van der Waals surface area contributed by atoms with E-state index < -0.39 is 15.6 Å². The van der Waals surface area contributed by atoms with Crippen molar-refractivity contribution in [3.05, 3.63) is 10.3 Å². The summed E-state index contributed by atoms with van der Waals surface area (Å²) in [6, 6.07) is 0. The van der Waals surface area contributed by atoms with Crippen molar-refractivity contribution in [2.75, 3.05) is 0 Å². The third kappa shape index (κ3) is 3.27. The molecular formula is C3H2F3IO3S. The van der Waals surface area contributed by atoms with E-state index in [9.17, 15) is 21.6 Å². The summed E-state index contributed by atoms with van der Waals surface area (Å²) in [5.74, 6) is 0. The van der Waals surface area contributed by atoms with Gasteiger partial charge >= 0.3 is 15.6 Å². The molecule has 0 spiro atoms. The first-order chi connectivity index (χ1) is 4.81. The van der Waals surface area contributed by atoms with Gasteiger partial charge in [0.2, 0.25) is 0 Å². The molecule has 0 radical (unpaired) electrons. The van der Waals surface area contributed by atoms with Gasteiger partial charge in [0.05, 0.1) is 0 Å². The zero-order valence-electron chi connectivity index (χ0n) is 4.80. The van der Waals surface area contributed by atoms with Crippen LogP contribution in [-0.4, -0.2) is 13.9 Å². The van der Waals surface area contributed by atoms with Crippen LogP contribution < -0.4 is 0 Å². The first-order valence-corrected chi connectivity index (χ1v) is 4.71. The Labute approximate surface area is 74.5 Å². The van der Waals surface area contributed by atoms with Crippen LogP contribution in [0.15, 0.2) is 10.3 Å². The van der Waals surface area contributed by atoms with Crippen LogP contribution in [0.5, 0.6) is 0 Å². The monoisotopic (exact) mass is 302 g/mol. The van der Waals surface area contributed by atoms with Crippen molar-refractivity contribution >= 4 is 32.7 Å². The quantitative estimate of drug-likeness (QED) is 0.338. The Hall–Kier alpha value is 0.01000. The van der Waals surface area contributed by atoms with Gasteiger partial charge in [0.15, 0.2) is 0 Å². The van der Waals surface area contributed by atoms with E-state index in [2.05, 4.69) is 4.18 Å². The molecule has 0 atom stereocenters. The molecule has 11 heavy (non-hydrogen) atoms. The van der Waals surface area contributed by atoms with Crippen molar-refractivity contribution < 1.29 is 25.8 Å². The predicted octanol–water partition coefficient (Wildman–Crippen LogP) is 1.76. The largest absolute Gasteiger partial charge is 0.534 e. The molecular weight excluding hydrogens is 300 g/mol. The van der Waals surface area contributed by atoms with Gasteiger partial charge in [0.1, 0.15) is 6.26 Å². The average molecular weight is 302 g/mol. The van der Waals surface area contributed by atoms with Gasteiger partial charge in [-0.15, -0.1) is 0 Å². The fourth-order valence-electron chi connectivity index (χ4n) is 0.149. The van der Waals surface area contributed by atoms with E-state index in [1.807, 2.05) is 0 Å². The van der Waals surface area contributed by atoms with Crippen molar-refractivity contribution in [3.8, 4) is 0 Å². The van der Waals surface area contributed by atoms with Crippen LogP contribution in [0.2, 0.25) is 0 Å². The summed E-state index contributed by atoms with van der Waals surface area (Å²) in [5, 5.41) is 0. The molecule has 0 unspecified atom stereocenters. The van der Waals surface area contributed by atoms with Crippen LogP contribution in [0.1, 0.15) is 0 Å². The molecule has 0 heterocycles. The van der Waals surface area contributed by atoms with Crippen molar-refractivity contribution in [2.24, 2.45) is 0 Å². The second-order valence-electron chi connectivity index (χ2n) is 1.26. The molecule has 66 valence electrons. The van der Waals surface area contributed by atoms with Gasteiger partial charge in [0, 0.05) is 4.08 Å². The number of hydrogen-bond acceptors (Lipinski definition) is 3. The zero-order valence-corrected chi connectivity index (χ0v) is 7.77. The third-order valence-corrected chi connectivity index (χ3v) is 1.74. The third-order valence-electron chi connectivity index (χ3n) is 0.517. The predicted molar refractivity (Wildman–Crippen MR) is 39.2 cm³/mol. The summed E-state index contributed by atoms with van der Waals surface area (Å²) < 4.78 is 58.6. The molecule has 3 nitrogen and oxygen atoms in total. The highest BCUT2D eigenvalue weighted by molar-refractivity contribution is 14.1. The van der Waals surface area contributed by atoms with Gasteiger partial charge in [-0.1, -0.05) is 0 Å². The van der Waals surface area contributed by atoms with E-state index in [1.54, 1.807) is 0 Å². The minimum Gasteiger partial charge on any atom is -0.384 e. The minimum absolute atomic E-state index is 0.434. The fraction of sp³-hybridized carbons (Fsp3) is 0.333. The van der Waals surface area contributed by atoms with Gasteiger partial charge in [0.25, 0.3) is 0 Å². The minimum atomic E-state index is -5.45. The number of alkyl halides is 3. The summed E-state index contributed by atoms with van der Waals surface area (Å²) in [6.45, 7) is 0. The smallest absolute Gasteiger partial charge is 0.384 e. The fourth-order valence-corrected chi connectivity index (χ4v) is 0.806. The molecule has 0 aliphatic carbocycles. The van der Waals surface area contributed by atoms with Gasteiger partial charge in [-0.25, -0.2) is 0 Å². The van der Waals surface area contributed by atoms with E-state index >= 15 is 0 Å². The lowest BCUT2D eigenvalue weighted by molar-refractivity contribution is -0.0514. The Bertz CT molecular complexity index is 241.